The summed E-state index contributed by atoms with van der Waals surface area (Å²) in [4.78, 5) is 61.2. The molecule has 1 atom stereocenters. The van der Waals surface area contributed by atoms with Gasteiger partial charge in [-0.15, -0.1) is 0 Å². The van der Waals surface area contributed by atoms with Gasteiger partial charge < -0.3 is 14.8 Å². The average Bonchev–Trinajstić information content (AvgIpc) is 3.21. The topological polar surface area (TPSA) is 131 Å². The number of carbonyl (C=O) groups is 5. The highest BCUT2D eigenvalue weighted by atomic mass is 35.5. The molecule has 2 aromatic rings. The Hall–Kier alpha value is -3.63. The van der Waals surface area contributed by atoms with Gasteiger partial charge in [0.1, 0.15) is 0 Å². The van der Waals surface area contributed by atoms with Crippen LogP contribution in [0.15, 0.2) is 42.5 Å². The Labute approximate surface area is 223 Å². The van der Waals surface area contributed by atoms with Gasteiger partial charge in [-0.05, 0) is 48.4 Å². The van der Waals surface area contributed by atoms with Gasteiger partial charge in [0.2, 0.25) is 5.91 Å². The van der Waals surface area contributed by atoms with Gasteiger partial charge in [-0.2, -0.15) is 0 Å². The smallest absolute Gasteiger partial charge is 0.338 e. The number of halogens is 2. The van der Waals surface area contributed by atoms with E-state index in [0.717, 1.165) is 5.01 Å². The van der Waals surface area contributed by atoms with Crippen LogP contribution in [0.1, 0.15) is 41.0 Å². The number of carbonyl (C=O) groups excluding carboxylic acids is 5. The van der Waals surface area contributed by atoms with Crippen LogP contribution >= 0.6 is 23.2 Å². The second-order valence-corrected chi connectivity index (χ2v) is 9.54. The maximum atomic E-state index is 12.4. The number of hydrogen-bond acceptors (Lipinski definition) is 7. The molecule has 0 aliphatic carbocycles. The molecule has 0 saturated carbocycles. The Kier molecular flexibility index (Phi) is 9.48. The van der Waals surface area contributed by atoms with Crippen molar-refractivity contribution in [3.63, 3.8) is 0 Å². The first-order valence-electron chi connectivity index (χ1n) is 11.3. The summed E-state index contributed by atoms with van der Waals surface area (Å²) in [6, 6.07) is 10.4. The molecule has 1 aliphatic heterocycles. The van der Waals surface area contributed by atoms with E-state index in [4.69, 9.17) is 32.7 Å². The highest BCUT2D eigenvalue weighted by Gasteiger charge is 2.37. The third-order valence-corrected chi connectivity index (χ3v) is 5.72. The molecule has 1 aliphatic rings. The summed E-state index contributed by atoms with van der Waals surface area (Å²) >= 11 is 11.8. The first-order valence-corrected chi connectivity index (χ1v) is 12.1. The summed E-state index contributed by atoms with van der Waals surface area (Å²) in [5.41, 5.74) is 3.26. The lowest BCUT2D eigenvalue weighted by atomic mass is 10.1. The first-order chi connectivity index (χ1) is 17.5. The Morgan fingerprint density at radius 3 is 2.41 bits per heavy atom. The summed E-state index contributed by atoms with van der Waals surface area (Å²) in [6.45, 7) is 3.46. The lowest BCUT2D eigenvalue weighted by molar-refractivity contribution is -0.151. The van der Waals surface area contributed by atoms with Crippen molar-refractivity contribution in [2.24, 2.45) is 11.8 Å². The molecule has 37 heavy (non-hydrogen) atoms. The number of anilines is 1. The second kappa shape index (κ2) is 12.6. The predicted molar refractivity (Wildman–Crippen MR) is 135 cm³/mol. The normalized spacial score (nSPS) is 14.9. The van der Waals surface area contributed by atoms with Crippen molar-refractivity contribution in [3.05, 3.63) is 63.6 Å². The molecule has 3 rings (SSSR count). The molecule has 3 amide bonds. The van der Waals surface area contributed by atoms with Crippen LogP contribution in [0, 0.1) is 11.8 Å². The van der Waals surface area contributed by atoms with E-state index in [2.05, 4.69) is 10.7 Å². The minimum absolute atomic E-state index is 0.110. The van der Waals surface area contributed by atoms with E-state index in [0.29, 0.717) is 22.9 Å². The maximum absolute atomic E-state index is 12.4. The van der Waals surface area contributed by atoms with Crippen LogP contribution in [0.25, 0.3) is 0 Å². The standard InChI is InChI=1S/C25H25Cl2N3O7/c1-14(2)12-36-24(34)15-3-6-18(7-4-15)28-21(31)13-37-25(35)16-9-22(32)30(11-16)29-23(33)19-8-5-17(26)10-20(19)27/h3-8,10,14,16H,9,11-13H2,1-2H3,(H,28,31)(H,29,33)/t16-/m0/s1. The fourth-order valence-corrected chi connectivity index (χ4v) is 3.79. The SMILES string of the molecule is CC(C)COC(=O)c1ccc(NC(=O)COC(=O)[C@H]2CC(=O)N(NC(=O)c3ccc(Cl)cc3Cl)C2)cc1. The number of rotatable bonds is 9. The van der Waals surface area contributed by atoms with Gasteiger partial charge in [0.15, 0.2) is 6.61 Å². The molecule has 10 nitrogen and oxygen atoms in total. The Balaban J connectivity index is 1.45. The van der Waals surface area contributed by atoms with Crippen molar-refractivity contribution in [1.82, 2.24) is 10.4 Å². The van der Waals surface area contributed by atoms with Gasteiger partial charge in [-0.3, -0.25) is 29.6 Å². The van der Waals surface area contributed by atoms with Crippen molar-refractivity contribution < 1.29 is 33.4 Å². The lowest BCUT2D eigenvalue weighted by Crippen LogP contribution is -2.43. The van der Waals surface area contributed by atoms with E-state index >= 15 is 0 Å². The molecule has 12 heteroatoms. The molecule has 0 radical (unpaired) electrons. The van der Waals surface area contributed by atoms with Crippen molar-refractivity contribution in [3.8, 4) is 0 Å². The van der Waals surface area contributed by atoms with E-state index in [-0.39, 0.29) is 29.5 Å². The van der Waals surface area contributed by atoms with Gasteiger partial charge in [0.25, 0.3) is 11.8 Å². The molecule has 0 bridgehead atoms. The van der Waals surface area contributed by atoms with Crippen molar-refractivity contribution in [1.29, 1.82) is 0 Å². The van der Waals surface area contributed by atoms with Gasteiger partial charge in [0, 0.05) is 17.1 Å². The van der Waals surface area contributed by atoms with Crippen LogP contribution < -0.4 is 10.7 Å². The number of ether oxygens (including phenoxy) is 2. The van der Waals surface area contributed by atoms with Gasteiger partial charge >= 0.3 is 11.9 Å². The average molecular weight is 550 g/mol. The zero-order valence-corrected chi connectivity index (χ0v) is 21.6. The summed E-state index contributed by atoms with van der Waals surface area (Å²) in [6.07, 6.45) is -0.191. The Morgan fingerprint density at radius 2 is 1.76 bits per heavy atom. The van der Waals surface area contributed by atoms with Crippen molar-refractivity contribution in [2.75, 3.05) is 25.1 Å². The number of amides is 3. The number of esters is 2. The number of benzene rings is 2. The van der Waals surface area contributed by atoms with Crippen molar-refractivity contribution in [2.45, 2.75) is 20.3 Å². The van der Waals surface area contributed by atoms with Crippen LogP contribution in [0.3, 0.4) is 0 Å². The number of hydrogen-bond donors (Lipinski definition) is 2. The minimum Gasteiger partial charge on any atom is -0.462 e. The van der Waals surface area contributed by atoms with E-state index < -0.39 is 42.2 Å². The van der Waals surface area contributed by atoms with E-state index in [9.17, 15) is 24.0 Å². The molecule has 1 heterocycles. The maximum Gasteiger partial charge on any atom is 0.338 e. The fraction of sp³-hybridized carbons (Fsp3) is 0.320. The fourth-order valence-electron chi connectivity index (χ4n) is 3.30. The zero-order chi connectivity index (χ0) is 27.1. The van der Waals surface area contributed by atoms with Crippen LogP contribution in [0.5, 0.6) is 0 Å². The Morgan fingerprint density at radius 1 is 1.05 bits per heavy atom. The second-order valence-electron chi connectivity index (χ2n) is 8.70. The summed E-state index contributed by atoms with van der Waals surface area (Å²) < 4.78 is 10.2. The first kappa shape index (κ1) is 27.9. The predicted octanol–water partition coefficient (Wildman–Crippen LogP) is 3.48. The molecule has 196 valence electrons. The third kappa shape index (κ3) is 7.93. The number of hydrazine groups is 1. The summed E-state index contributed by atoms with van der Waals surface area (Å²) in [5.74, 6) is -3.60. The monoisotopic (exact) mass is 549 g/mol. The molecular formula is C25H25Cl2N3O7. The zero-order valence-electron chi connectivity index (χ0n) is 20.1. The van der Waals surface area contributed by atoms with Crippen LogP contribution in [-0.2, 0) is 23.9 Å². The quantitative estimate of drug-likeness (QED) is 0.457. The molecular weight excluding hydrogens is 525 g/mol. The largest absolute Gasteiger partial charge is 0.462 e. The number of nitrogens with one attached hydrogen (secondary N) is 2. The van der Waals surface area contributed by atoms with E-state index in [1.54, 1.807) is 0 Å². The highest BCUT2D eigenvalue weighted by molar-refractivity contribution is 6.36. The molecule has 0 spiro atoms. The third-order valence-electron chi connectivity index (χ3n) is 5.17. The number of nitrogens with zero attached hydrogens (tertiary/aromatic N) is 1. The molecule has 2 aromatic carbocycles. The lowest BCUT2D eigenvalue weighted by Gasteiger charge is -2.18. The molecule has 0 aromatic heterocycles. The minimum atomic E-state index is -0.863. The van der Waals surface area contributed by atoms with Gasteiger partial charge in [-0.25, -0.2) is 4.79 Å². The Bertz CT molecular complexity index is 1200. The molecule has 1 fully saturated rings. The van der Waals surface area contributed by atoms with Crippen molar-refractivity contribution >= 4 is 58.5 Å². The van der Waals surface area contributed by atoms with Gasteiger partial charge in [-0.1, -0.05) is 37.0 Å². The summed E-state index contributed by atoms with van der Waals surface area (Å²) in [5, 5.41) is 4.02. The van der Waals surface area contributed by atoms with Crippen LogP contribution in [0.4, 0.5) is 5.69 Å². The van der Waals surface area contributed by atoms with Gasteiger partial charge in [0.05, 0.1) is 35.2 Å². The molecule has 0 unspecified atom stereocenters. The van der Waals surface area contributed by atoms with E-state index in [1.807, 2.05) is 13.8 Å². The molecule has 2 N–H and O–H groups in total. The molecule has 1 saturated heterocycles. The highest BCUT2D eigenvalue weighted by Crippen LogP contribution is 2.22. The van der Waals surface area contributed by atoms with Crippen LogP contribution in [-0.4, -0.2) is 54.4 Å². The van der Waals surface area contributed by atoms with Crippen LogP contribution in [0.2, 0.25) is 10.0 Å². The summed E-state index contributed by atoms with van der Waals surface area (Å²) in [7, 11) is 0. The van der Waals surface area contributed by atoms with E-state index in [1.165, 1.54) is 42.5 Å².